The van der Waals surface area contributed by atoms with Gasteiger partial charge in [0.2, 0.25) is 5.91 Å². The summed E-state index contributed by atoms with van der Waals surface area (Å²) in [6, 6.07) is 16.4. The summed E-state index contributed by atoms with van der Waals surface area (Å²) in [7, 11) is 1.59. The molecule has 25 heavy (non-hydrogen) atoms. The third kappa shape index (κ3) is 5.59. The molecule has 0 aliphatic heterocycles. The van der Waals surface area contributed by atoms with Crippen LogP contribution < -0.4 is 16.4 Å². The molecule has 2 unspecified atom stereocenters. The van der Waals surface area contributed by atoms with Gasteiger partial charge in [-0.3, -0.25) is 9.59 Å². The molecule has 0 saturated heterocycles. The molecule has 2 aromatic rings. The van der Waals surface area contributed by atoms with Crippen LogP contribution in [0.3, 0.4) is 0 Å². The van der Waals surface area contributed by atoms with Gasteiger partial charge in [0.25, 0.3) is 5.91 Å². The predicted molar refractivity (Wildman–Crippen MR) is 101 cm³/mol. The summed E-state index contributed by atoms with van der Waals surface area (Å²) >= 11 is 0. The summed E-state index contributed by atoms with van der Waals surface area (Å²) in [4.78, 5) is 23.8. The van der Waals surface area contributed by atoms with Gasteiger partial charge in [0.1, 0.15) is 0 Å². The number of hydrogen-bond donors (Lipinski definition) is 3. The molecule has 4 N–H and O–H groups in total. The normalized spacial score (nSPS) is 12.4. The van der Waals surface area contributed by atoms with Crippen LogP contribution >= 0.6 is 12.4 Å². The van der Waals surface area contributed by atoms with Crippen molar-refractivity contribution < 1.29 is 9.59 Å². The second-order valence-corrected chi connectivity index (χ2v) is 5.72. The van der Waals surface area contributed by atoms with Gasteiger partial charge in [0.15, 0.2) is 0 Å². The van der Waals surface area contributed by atoms with Crippen molar-refractivity contribution in [1.29, 1.82) is 0 Å². The van der Waals surface area contributed by atoms with Gasteiger partial charge in [-0.25, -0.2) is 0 Å². The van der Waals surface area contributed by atoms with Gasteiger partial charge in [0, 0.05) is 25.2 Å². The number of halogens is 1. The minimum atomic E-state index is -0.346. The third-order valence-corrected chi connectivity index (χ3v) is 4.05. The standard InChI is InChI=1S/C19H23N3O2.ClH/c1-13(17(20)15-6-4-3-5-7-15)18(23)22-12-14-8-10-16(11-9-14)19(24)21-2;/h3-11,13,17H,12,20H2,1-2H3,(H,21,24)(H,22,23);1H. The summed E-state index contributed by atoms with van der Waals surface area (Å²) in [6.45, 7) is 2.22. The lowest BCUT2D eigenvalue weighted by atomic mass is 9.94. The van der Waals surface area contributed by atoms with E-state index < -0.39 is 0 Å². The number of nitrogens with one attached hydrogen (secondary N) is 2. The lowest BCUT2D eigenvalue weighted by molar-refractivity contribution is -0.125. The van der Waals surface area contributed by atoms with E-state index in [9.17, 15) is 9.59 Å². The molecule has 0 fully saturated rings. The van der Waals surface area contributed by atoms with Crippen molar-refractivity contribution in [2.75, 3.05) is 7.05 Å². The fraction of sp³-hybridized carbons (Fsp3) is 0.263. The highest BCUT2D eigenvalue weighted by atomic mass is 35.5. The van der Waals surface area contributed by atoms with Crippen LogP contribution in [0.15, 0.2) is 54.6 Å². The summed E-state index contributed by atoms with van der Waals surface area (Å²) in [5.41, 5.74) is 8.63. The van der Waals surface area contributed by atoms with Crippen molar-refractivity contribution in [1.82, 2.24) is 10.6 Å². The second-order valence-electron chi connectivity index (χ2n) is 5.72. The van der Waals surface area contributed by atoms with Crippen LogP contribution in [0.1, 0.15) is 34.5 Å². The summed E-state index contributed by atoms with van der Waals surface area (Å²) in [5.74, 6) is -0.563. The van der Waals surface area contributed by atoms with Gasteiger partial charge in [-0.1, -0.05) is 49.4 Å². The van der Waals surface area contributed by atoms with Gasteiger partial charge in [-0.05, 0) is 23.3 Å². The van der Waals surface area contributed by atoms with Crippen LogP contribution in [-0.4, -0.2) is 18.9 Å². The van der Waals surface area contributed by atoms with E-state index in [2.05, 4.69) is 10.6 Å². The Morgan fingerprint density at radius 1 is 1.04 bits per heavy atom. The SMILES string of the molecule is CNC(=O)c1ccc(CNC(=O)C(C)C(N)c2ccccc2)cc1.Cl. The van der Waals surface area contributed by atoms with Gasteiger partial charge in [-0.2, -0.15) is 0 Å². The minimum Gasteiger partial charge on any atom is -0.355 e. The fourth-order valence-electron chi connectivity index (χ4n) is 2.40. The number of carbonyl (C=O) groups is 2. The maximum Gasteiger partial charge on any atom is 0.251 e. The molecule has 2 aromatic carbocycles. The molecule has 2 rings (SSSR count). The molecule has 0 aromatic heterocycles. The van der Waals surface area contributed by atoms with Crippen LogP contribution in [0.4, 0.5) is 0 Å². The zero-order valence-electron chi connectivity index (χ0n) is 14.4. The molecule has 0 spiro atoms. The van der Waals surface area contributed by atoms with Crippen molar-refractivity contribution in [2.45, 2.75) is 19.5 Å². The number of hydrogen-bond acceptors (Lipinski definition) is 3. The summed E-state index contributed by atoms with van der Waals surface area (Å²) in [6.07, 6.45) is 0. The number of benzene rings is 2. The summed E-state index contributed by atoms with van der Waals surface area (Å²) < 4.78 is 0. The topological polar surface area (TPSA) is 84.2 Å². The Labute approximate surface area is 154 Å². The van der Waals surface area contributed by atoms with Crippen LogP contribution in [-0.2, 0) is 11.3 Å². The van der Waals surface area contributed by atoms with E-state index in [0.717, 1.165) is 11.1 Å². The first-order valence-electron chi connectivity index (χ1n) is 7.92. The Kier molecular flexibility index (Phi) is 8.11. The zero-order valence-corrected chi connectivity index (χ0v) is 15.2. The van der Waals surface area contributed by atoms with Crippen LogP contribution in [0.2, 0.25) is 0 Å². The van der Waals surface area contributed by atoms with Crippen molar-refractivity contribution in [3.05, 3.63) is 71.3 Å². The molecule has 2 amide bonds. The maximum absolute atomic E-state index is 12.3. The van der Waals surface area contributed by atoms with E-state index in [1.54, 1.807) is 19.2 Å². The molecule has 0 bridgehead atoms. The van der Waals surface area contributed by atoms with E-state index in [1.165, 1.54) is 0 Å². The monoisotopic (exact) mass is 361 g/mol. The predicted octanol–water partition coefficient (Wildman–Crippen LogP) is 2.42. The van der Waals surface area contributed by atoms with Crippen molar-refractivity contribution in [3.8, 4) is 0 Å². The number of amides is 2. The first-order chi connectivity index (χ1) is 11.5. The lowest BCUT2D eigenvalue weighted by Gasteiger charge is -2.20. The first kappa shape index (κ1) is 20.7. The van der Waals surface area contributed by atoms with Crippen molar-refractivity contribution in [3.63, 3.8) is 0 Å². The molecule has 0 heterocycles. The first-order valence-corrected chi connectivity index (χ1v) is 7.92. The third-order valence-electron chi connectivity index (χ3n) is 4.05. The molecule has 0 aliphatic rings. The fourth-order valence-corrected chi connectivity index (χ4v) is 2.40. The molecule has 6 heteroatoms. The largest absolute Gasteiger partial charge is 0.355 e. The van der Waals surface area contributed by atoms with Crippen molar-refractivity contribution >= 4 is 24.2 Å². The maximum atomic E-state index is 12.3. The molecule has 0 aliphatic carbocycles. The highest BCUT2D eigenvalue weighted by molar-refractivity contribution is 5.93. The minimum absolute atomic E-state index is 0. The van der Waals surface area contributed by atoms with E-state index >= 15 is 0 Å². The Morgan fingerprint density at radius 3 is 2.20 bits per heavy atom. The zero-order chi connectivity index (χ0) is 17.5. The smallest absolute Gasteiger partial charge is 0.251 e. The molecule has 5 nitrogen and oxygen atoms in total. The van der Waals surface area contributed by atoms with Crippen LogP contribution in [0.25, 0.3) is 0 Å². The average molecular weight is 362 g/mol. The molecule has 2 atom stereocenters. The number of rotatable bonds is 6. The Balaban J connectivity index is 0.00000312. The van der Waals surface area contributed by atoms with Gasteiger partial charge in [0.05, 0.1) is 5.92 Å². The van der Waals surface area contributed by atoms with E-state index in [1.807, 2.05) is 49.4 Å². The average Bonchev–Trinajstić information content (AvgIpc) is 2.65. The van der Waals surface area contributed by atoms with Crippen molar-refractivity contribution in [2.24, 2.45) is 11.7 Å². The van der Waals surface area contributed by atoms with E-state index in [0.29, 0.717) is 12.1 Å². The number of carbonyl (C=O) groups excluding carboxylic acids is 2. The Morgan fingerprint density at radius 2 is 1.64 bits per heavy atom. The van der Waals surface area contributed by atoms with E-state index in [-0.39, 0.29) is 36.2 Å². The highest BCUT2D eigenvalue weighted by Crippen LogP contribution is 2.19. The number of nitrogens with two attached hydrogens (primary N) is 1. The van der Waals surface area contributed by atoms with Crippen LogP contribution in [0, 0.1) is 5.92 Å². The summed E-state index contributed by atoms with van der Waals surface area (Å²) in [5, 5.41) is 5.46. The quantitative estimate of drug-likeness (QED) is 0.738. The highest BCUT2D eigenvalue weighted by Gasteiger charge is 2.21. The molecular weight excluding hydrogens is 338 g/mol. The molecule has 0 radical (unpaired) electrons. The second kappa shape index (κ2) is 9.81. The molecule has 0 saturated carbocycles. The molecule has 134 valence electrons. The van der Waals surface area contributed by atoms with Crippen LogP contribution in [0.5, 0.6) is 0 Å². The van der Waals surface area contributed by atoms with Gasteiger partial charge < -0.3 is 16.4 Å². The van der Waals surface area contributed by atoms with Gasteiger partial charge >= 0.3 is 0 Å². The molecular formula is C19H24ClN3O2. The Bertz CT molecular complexity index is 690. The van der Waals surface area contributed by atoms with Gasteiger partial charge in [-0.15, -0.1) is 12.4 Å². The lowest BCUT2D eigenvalue weighted by Crippen LogP contribution is -2.35. The van der Waals surface area contributed by atoms with E-state index in [4.69, 9.17) is 5.73 Å². The Hall–Kier alpha value is -2.37.